The van der Waals surface area contributed by atoms with E-state index in [0.29, 0.717) is 6.61 Å². The second-order valence-electron chi connectivity index (χ2n) is 6.52. The summed E-state index contributed by atoms with van der Waals surface area (Å²) in [6.07, 6.45) is 2.74. The van der Waals surface area contributed by atoms with E-state index in [4.69, 9.17) is 9.16 Å². The summed E-state index contributed by atoms with van der Waals surface area (Å²) >= 11 is 0. The van der Waals surface area contributed by atoms with Gasteiger partial charge in [-0.25, -0.2) is 0 Å². The highest BCUT2D eigenvalue weighted by Crippen LogP contribution is 2.39. The van der Waals surface area contributed by atoms with Crippen molar-refractivity contribution in [2.45, 2.75) is 59.2 Å². The van der Waals surface area contributed by atoms with Crippen LogP contribution in [0.25, 0.3) is 0 Å². The highest BCUT2D eigenvalue weighted by Gasteiger charge is 2.39. The predicted molar refractivity (Wildman–Crippen MR) is 75.3 cm³/mol. The number of hydrogen-bond donors (Lipinski definition) is 0. The molecular formula is C14H26O2Si. The molecule has 0 N–H and O–H groups in total. The molecule has 0 bridgehead atoms. The SMILES string of the molecule is CC1=COCC(C)=C(O[Si](C)(C)C(C)(C)C)C1. The molecule has 0 fully saturated rings. The Morgan fingerprint density at radius 1 is 1.24 bits per heavy atom. The van der Waals surface area contributed by atoms with Gasteiger partial charge in [-0.2, -0.15) is 0 Å². The minimum absolute atomic E-state index is 0.241. The molecule has 0 atom stereocenters. The number of allylic oxidation sites excluding steroid dienone is 1. The number of ether oxygens (including phenoxy) is 1. The van der Waals surface area contributed by atoms with Crippen molar-refractivity contribution < 1.29 is 9.16 Å². The minimum Gasteiger partial charge on any atom is -0.546 e. The second kappa shape index (κ2) is 4.89. The van der Waals surface area contributed by atoms with E-state index >= 15 is 0 Å². The van der Waals surface area contributed by atoms with E-state index in [1.807, 2.05) is 6.26 Å². The van der Waals surface area contributed by atoms with E-state index in [-0.39, 0.29) is 5.04 Å². The van der Waals surface area contributed by atoms with Crippen LogP contribution in [-0.4, -0.2) is 14.9 Å². The van der Waals surface area contributed by atoms with E-state index < -0.39 is 8.32 Å². The lowest BCUT2D eigenvalue weighted by molar-refractivity contribution is 0.275. The van der Waals surface area contributed by atoms with Gasteiger partial charge in [0.1, 0.15) is 6.61 Å². The average Bonchev–Trinajstić information content (AvgIpc) is 2.27. The van der Waals surface area contributed by atoms with Crippen molar-refractivity contribution in [3.63, 3.8) is 0 Å². The quantitative estimate of drug-likeness (QED) is 0.670. The lowest BCUT2D eigenvalue weighted by atomic mass is 10.1. The molecule has 1 aliphatic heterocycles. The highest BCUT2D eigenvalue weighted by molar-refractivity contribution is 6.74. The lowest BCUT2D eigenvalue weighted by Crippen LogP contribution is -2.40. The summed E-state index contributed by atoms with van der Waals surface area (Å²) in [5.74, 6) is 1.13. The Morgan fingerprint density at radius 3 is 2.35 bits per heavy atom. The van der Waals surface area contributed by atoms with Crippen LogP contribution in [0.4, 0.5) is 0 Å². The van der Waals surface area contributed by atoms with Crippen LogP contribution in [-0.2, 0) is 9.16 Å². The summed E-state index contributed by atoms with van der Waals surface area (Å²) in [6, 6.07) is 0. The normalized spacial score (nSPS) is 18.4. The second-order valence-corrected chi connectivity index (χ2v) is 11.2. The van der Waals surface area contributed by atoms with Crippen LogP contribution in [0.2, 0.25) is 18.1 Å². The lowest BCUT2D eigenvalue weighted by Gasteiger charge is -2.37. The molecule has 0 aromatic carbocycles. The molecule has 3 heteroatoms. The first-order valence-corrected chi connectivity index (χ1v) is 9.19. The van der Waals surface area contributed by atoms with Crippen molar-refractivity contribution in [2.24, 2.45) is 0 Å². The first-order chi connectivity index (χ1) is 7.63. The molecule has 0 aliphatic carbocycles. The fourth-order valence-electron chi connectivity index (χ4n) is 1.42. The van der Waals surface area contributed by atoms with Gasteiger partial charge in [0.15, 0.2) is 0 Å². The van der Waals surface area contributed by atoms with Crippen molar-refractivity contribution in [3.8, 4) is 0 Å². The van der Waals surface area contributed by atoms with Gasteiger partial charge < -0.3 is 9.16 Å². The summed E-state index contributed by atoms with van der Waals surface area (Å²) in [6.45, 7) is 16.2. The van der Waals surface area contributed by atoms with Crippen LogP contribution >= 0.6 is 0 Å². The molecular weight excluding hydrogens is 228 g/mol. The molecule has 1 aliphatic rings. The van der Waals surface area contributed by atoms with Crippen LogP contribution in [0.5, 0.6) is 0 Å². The average molecular weight is 254 g/mol. The molecule has 0 radical (unpaired) electrons. The van der Waals surface area contributed by atoms with Crippen LogP contribution in [0.1, 0.15) is 41.0 Å². The van der Waals surface area contributed by atoms with Gasteiger partial charge in [-0.15, -0.1) is 0 Å². The Balaban J connectivity index is 2.90. The van der Waals surface area contributed by atoms with Gasteiger partial charge in [0.05, 0.1) is 12.0 Å². The maximum absolute atomic E-state index is 6.40. The third kappa shape index (κ3) is 3.63. The molecule has 0 unspecified atom stereocenters. The minimum atomic E-state index is -1.73. The Kier molecular flexibility index (Phi) is 4.13. The predicted octanol–water partition coefficient (Wildman–Crippen LogP) is 4.61. The van der Waals surface area contributed by atoms with Gasteiger partial charge in [-0.05, 0) is 37.6 Å². The third-order valence-electron chi connectivity index (χ3n) is 3.68. The summed E-state index contributed by atoms with van der Waals surface area (Å²) in [7, 11) is -1.73. The van der Waals surface area contributed by atoms with Crippen molar-refractivity contribution in [1.82, 2.24) is 0 Å². The molecule has 0 saturated carbocycles. The van der Waals surface area contributed by atoms with Gasteiger partial charge in [0, 0.05) is 12.0 Å². The molecule has 0 spiro atoms. The van der Waals surface area contributed by atoms with Crippen LogP contribution in [0.15, 0.2) is 23.2 Å². The Labute approximate surface area is 107 Å². The smallest absolute Gasteiger partial charge is 0.250 e. The Bertz CT molecular complexity index is 346. The van der Waals surface area contributed by atoms with E-state index in [1.54, 1.807) is 0 Å². The monoisotopic (exact) mass is 254 g/mol. The zero-order valence-electron chi connectivity index (χ0n) is 12.3. The summed E-state index contributed by atoms with van der Waals surface area (Å²) in [5, 5.41) is 0.241. The van der Waals surface area contributed by atoms with E-state index in [9.17, 15) is 0 Å². The molecule has 17 heavy (non-hydrogen) atoms. The zero-order chi connectivity index (χ0) is 13.3. The summed E-state index contributed by atoms with van der Waals surface area (Å²) in [4.78, 5) is 0. The summed E-state index contributed by atoms with van der Waals surface area (Å²) < 4.78 is 11.9. The van der Waals surface area contributed by atoms with E-state index in [0.717, 1.165) is 12.2 Å². The largest absolute Gasteiger partial charge is 0.546 e. The van der Waals surface area contributed by atoms with Crippen molar-refractivity contribution in [3.05, 3.63) is 23.2 Å². The van der Waals surface area contributed by atoms with Crippen LogP contribution in [0.3, 0.4) is 0 Å². The molecule has 98 valence electrons. The van der Waals surface area contributed by atoms with Gasteiger partial charge in [-0.1, -0.05) is 20.8 Å². The number of rotatable bonds is 2. The number of hydrogen-bond acceptors (Lipinski definition) is 2. The molecule has 0 saturated heterocycles. The Morgan fingerprint density at radius 2 is 1.82 bits per heavy atom. The first-order valence-electron chi connectivity index (χ1n) is 6.28. The van der Waals surface area contributed by atoms with Crippen molar-refractivity contribution >= 4 is 8.32 Å². The molecule has 2 nitrogen and oxygen atoms in total. The zero-order valence-corrected chi connectivity index (χ0v) is 13.3. The summed E-state index contributed by atoms with van der Waals surface area (Å²) in [5.41, 5.74) is 2.46. The fourth-order valence-corrected chi connectivity index (χ4v) is 2.59. The standard InChI is InChI=1S/C14H26O2Si/c1-11-8-13(12(2)10-15-9-11)16-17(6,7)14(3,4)5/h9H,8,10H2,1-7H3. The van der Waals surface area contributed by atoms with Crippen LogP contribution < -0.4 is 0 Å². The molecule has 1 heterocycles. The van der Waals surface area contributed by atoms with Gasteiger partial charge >= 0.3 is 0 Å². The molecule has 1 rings (SSSR count). The maximum Gasteiger partial charge on any atom is 0.250 e. The van der Waals surface area contributed by atoms with Gasteiger partial charge in [0.25, 0.3) is 0 Å². The third-order valence-corrected chi connectivity index (χ3v) is 8.05. The van der Waals surface area contributed by atoms with Gasteiger partial charge in [-0.3, -0.25) is 0 Å². The van der Waals surface area contributed by atoms with E-state index in [1.165, 1.54) is 11.1 Å². The van der Waals surface area contributed by atoms with Crippen molar-refractivity contribution in [2.75, 3.05) is 6.61 Å². The van der Waals surface area contributed by atoms with Crippen LogP contribution in [0, 0.1) is 0 Å². The Hall–Kier alpha value is -0.703. The maximum atomic E-state index is 6.40. The highest BCUT2D eigenvalue weighted by atomic mass is 28.4. The first kappa shape index (κ1) is 14.4. The molecule has 0 amide bonds. The molecule has 0 aromatic heterocycles. The molecule has 0 aromatic rings. The van der Waals surface area contributed by atoms with Gasteiger partial charge in [0.2, 0.25) is 8.32 Å². The van der Waals surface area contributed by atoms with Crippen molar-refractivity contribution in [1.29, 1.82) is 0 Å². The topological polar surface area (TPSA) is 18.5 Å². The fraction of sp³-hybridized carbons (Fsp3) is 0.714. The van der Waals surface area contributed by atoms with E-state index in [2.05, 4.69) is 47.7 Å².